The number of rotatable bonds is 6. The molecular formula is C15H24N2O2. The SMILES string of the molecule is CCOc1c(N)cccc1C(=O)N(C)CC(C)CC. The number of amides is 1. The average molecular weight is 264 g/mol. The molecule has 0 saturated carbocycles. The summed E-state index contributed by atoms with van der Waals surface area (Å²) >= 11 is 0. The third kappa shape index (κ3) is 3.88. The van der Waals surface area contributed by atoms with Gasteiger partial charge >= 0.3 is 0 Å². The van der Waals surface area contributed by atoms with Crippen molar-refractivity contribution < 1.29 is 9.53 Å². The van der Waals surface area contributed by atoms with Gasteiger partial charge in [-0.25, -0.2) is 0 Å². The first-order valence-corrected chi connectivity index (χ1v) is 6.77. The third-order valence-corrected chi connectivity index (χ3v) is 3.19. The van der Waals surface area contributed by atoms with Crippen molar-refractivity contribution in [3.8, 4) is 5.75 Å². The van der Waals surface area contributed by atoms with Crippen molar-refractivity contribution in [1.82, 2.24) is 4.90 Å². The summed E-state index contributed by atoms with van der Waals surface area (Å²) in [5, 5.41) is 0. The number of para-hydroxylation sites is 1. The Morgan fingerprint density at radius 2 is 2.11 bits per heavy atom. The van der Waals surface area contributed by atoms with Crippen LogP contribution in [0.2, 0.25) is 0 Å². The van der Waals surface area contributed by atoms with E-state index in [1.807, 2.05) is 14.0 Å². The molecule has 0 aliphatic carbocycles. The van der Waals surface area contributed by atoms with Crippen molar-refractivity contribution in [3.05, 3.63) is 23.8 Å². The Morgan fingerprint density at radius 1 is 1.42 bits per heavy atom. The molecule has 0 bridgehead atoms. The van der Waals surface area contributed by atoms with Gasteiger partial charge in [-0.3, -0.25) is 4.79 Å². The Morgan fingerprint density at radius 3 is 2.68 bits per heavy atom. The standard InChI is InChI=1S/C15H24N2O2/c1-5-11(3)10-17(4)15(18)12-8-7-9-13(16)14(12)19-6-2/h7-9,11H,5-6,10,16H2,1-4H3. The molecule has 4 nitrogen and oxygen atoms in total. The topological polar surface area (TPSA) is 55.6 Å². The lowest BCUT2D eigenvalue weighted by atomic mass is 10.1. The molecule has 0 heterocycles. The number of nitrogens with zero attached hydrogens (tertiary/aromatic N) is 1. The highest BCUT2D eigenvalue weighted by molar-refractivity contribution is 5.98. The molecule has 1 aromatic carbocycles. The molecule has 0 aliphatic heterocycles. The van der Waals surface area contributed by atoms with Crippen LogP contribution in [0.5, 0.6) is 5.75 Å². The van der Waals surface area contributed by atoms with Crippen LogP contribution in [0.4, 0.5) is 5.69 Å². The predicted molar refractivity (Wildman–Crippen MR) is 78.4 cm³/mol. The molecule has 0 aliphatic rings. The number of carbonyl (C=O) groups is 1. The highest BCUT2D eigenvalue weighted by atomic mass is 16.5. The predicted octanol–water partition coefficient (Wildman–Crippen LogP) is 2.79. The van der Waals surface area contributed by atoms with Crippen LogP contribution in [0.25, 0.3) is 0 Å². The van der Waals surface area contributed by atoms with Crippen LogP contribution in [0.1, 0.15) is 37.6 Å². The summed E-state index contributed by atoms with van der Waals surface area (Å²) in [5.74, 6) is 0.924. The Balaban J connectivity index is 2.95. The van der Waals surface area contributed by atoms with E-state index in [1.54, 1.807) is 23.1 Å². The summed E-state index contributed by atoms with van der Waals surface area (Å²) in [6.07, 6.45) is 1.05. The zero-order valence-electron chi connectivity index (χ0n) is 12.3. The minimum atomic E-state index is -0.0453. The molecule has 0 spiro atoms. The fourth-order valence-electron chi connectivity index (χ4n) is 1.91. The average Bonchev–Trinajstić information content (AvgIpc) is 2.40. The molecule has 0 radical (unpaired) electrons. The number of nitrogen functional groups attached to an aromatic ring is 1. The second kappa shape index (κ2) is 7.02. The number of hydrogen-bond donors (Lipinski definition) is 1. The summed E-state index contributed by atoms with van der Waals surface area (Å²) in [6.45, 7) is 7.35. The number of nitrogens with two attached hydrogens (primary N) is 1. The summed E-state index contributed by atoms with van der Waals surface area (Å²) in [5.41, 5.74) is 6.92. The molecule has 106 valence electrons. The van der Waals surface area contributed by atoms with Gasteiger partial charge < -0.3 is 15.4 Å². The van der Waals surface area contributed by atoms with Crippen molar-refractivity contribution in [2.45, 2.75) is 27.2 Å². The smallest absolute Gasteiger partial charge is 0.257 e. The van der Waals surface area contributed by atoms with Gasteiger partial charge in [-0.05, 0) is 25.0 Å². The van der Waals surface area contributed by atoms with Crippen molar-refractivity contribution in [3.63, 3.8) is 0 Å². The van der Waals surface area contributed by atoms with E-state index in [0.717, 1.165) is 13.0 Å². The van der Waals surface area contributed by atoms with E-state index in [2.05, 4.69) is 13.8 Å². The van der Waals surface area contributed by atoms with E-state index in [-0.39, 0.29) is 5.91 Å². The van der Waals surface area contributed by atoms with Gasteiger partial charge in [0.2, 0.25) is 0 Å². The van der Waals surface area contributed by atoms with E-state index < -0.39 is 0 Å². The molecule has 1 unspecified atom stereocenters. The maximum Gasteiger partial charge on any atom is 0.257 e. The lowest BCUT2D eigenvalue weighted by Gasteiger charge is -2.22. The van der Waals surface area contributed by atoms with E-state index in [9.17, 15) is 4.79 Å². The molecule has 2 N–H and O–H groups in total. The first kappa shape index (κ1) is 15.3. The van der Waals surface area contributed by atoms with Crippen LogP contribution in [-0.4, -0.2) is 31.0 Å². The van der Waals surface area contributed by atoms with E-state index in [1.165, 1.54) is 0 Å². The number of ether oxygens (including phenoxy) is 1. The Bertz CT molecular complexity index is 432. The zero-order valence-corrected chi connectivity index (χ0v) is 12.3. The summed E-state index contributed by atoms with van der Waals surface area (Å²) < 4.78 is 5.50. The van der Waals surface area contributed by atoms with Crippen molar-refractivity contribution >= 4 is 11.6 Å². The van der Waals surface area contributed by atoms with E-state index >= 15 is 0 Å². The highest BCUT2D eigenvalue weighted by Gasteiger charge is 2.19. The summed E-state index contributed by atoms with van der Waals surface area (Å²) in [4.78, 5) is 14.2. The summed E-state index contributed by atoms with van der Waals surface area (Å²) in [6, 6.07) is 5.29. The fraction of sp³-hybridized carbons (Fsp3) is 0.533. The minimum absolute atomic E-state index is 0.0453. The molecule has 1 aromatic rings. The van der Waals surface area contributed by atoms with Crippen LogP contribution >= 0.6 is 0 Å². The van der Waals surface area contributed by atoms with Crippen LogP contribution < -0.4 is 10.5 Å². The second-order valence-electron chi connectivity index (χ2n) is 4.86. The van der Waals surface area contributed by atoms with Gasteiger partial charge in [0.1, 0.15) is 0 Å². The van der Waals surface area contributed by atoms with Crippen LogP contribution in [0.3, 0.4) is 0 Å². The monoisotopic (exact) mass is 264 g/mol. The first-order valence-electron chi connectivity index (χ1n) is 6.77. The van der Waals surface area contributed by atoms with Gasteiger partial charge in [0.15, 0.2) is 5.75 Å². The van der Waals surface area contributed by atoms with Gasteiger partial charge in [-0.1, -0.05) is 26.3 Å². The molecule has 19 heavy (non-hydrogen) atoms. The minimum Gasteiger partial charge on any atom is -0.491 e. The normalized spacial score (nSPS) is 12.0. The van der Waals surface area contributed by atoms with Gasteiger partial charge in [0, 0.05) is 13.6 Å². The molecule has 1 amide bonds. The third-order valence-electron chi connectivity index (χ3n) is 3.19. The quantitative estimate of drug-likeness (QED) is 0.804. The van der Waals surface area contributed by atoms with Crippen molar-refractivity contribution in [2.75, 3.05) is 25.9 Å². The molecular weight excluding hydrogens is 240 g/mol. The summed E-state index contributed by atoms with van der Waals surface area (Å²) in [7, 11) is 1.81. The van der Waals surface area contributed by atoms with Crippen LogP contribution in [0, 0.1) is 5.92 Å². The van der Waals surface area contributed by atoms with Crippen molar-refractivity contribution in [1.29, 1.82) is 0 Å². The maximum absolute atomic E-state index is 12.4. The van der Waals surface area contributed by atoms with Gasteiger partial charge in [-0.15, -0.1) is 0 Å². The van der Waals surface area contributed by atoms with E-state index in [0.29, 0.717) is 29.5 Å². The first-order chi connectivity index (χ1) is 9.01. The van der Waals surface area contributed by atoms with Crippen LogP contribution in [0.15, 0.2) is 18.2 Å². The lowest BCUT2D eigenvalue weighted by molar-refractivity contribution is 0.0771. The number of carbonyl (C=O) groups excluding carboxylic acids is 1. The lowest BCUT2D eigenvalue weighted by Crippen LogP contribution is -2.31. The van der Waals surface area contributed by atoms with Gasteiger partial charge in [0.05, 0.1) is 17.9 Å². The Kier molecular flexibility index (Phi) is 5.67. The number of hydrogen-bond acceptors (Lipinski definition) is 3. The molecule has 4 heteroatoms. The Hall–Kier alpha value is -1.71. The van der Waals surface area contributed by atoms with Gasteiger partial charge in [-0.2, -0.15) is 0 Å². The molecule has 1 atom stereocenters. The number of benzene rings is 1. The highest BCUT2D eigenvalue weighted by Crippen LogP contribution is 2.27. The molecule has 1 rings (SSSR count). The molecule has 0 saturated heterocycles. The van der Waals surface area contributed by atoms with Crippen molar-refractivity contribution in [2.24, 2.45) is 5.92 Å². The largest absolute Gasteiger partial charge is 0.491 e. The van der Waals surface area contributed by atoms with Crippen LogP contribution in [-0.2, 0) is 0 Å². The molecule has 0 fully saturated rings. The van der Waals surface area contributed by atoms with E-state index in [4.69, 9.17) is 10.5 Å². The fourth-order valence-corrected chi connectivity index (χ4v) is 1.91. The molecule has 0 aromatic heterocycles. The van der Waals surface area contributed by atoms with Gasteiger partial charge in [0.25, 0.3) is 5.91 Å². The Labute approximate surface area is 115 Å². The maximum atomic E-state index is 12.4. The second-order valence-corrected chi connectivity index (χ2v) is 4.86. The zero-order chi connectivity index (χ0) is 14.4. The number of anilines is 1.